The molecule has 3 amide bonds. The molecule has 0 radical (unpaired) electrons. The van der Waals surface area contributed by atoms with Crippen LogP contribution >= 0.6 is 46.2 Å². The molecule has 0 spiro atoms. The molecule has 0 aliphatic carbocycles. The van der Waals surface area contributed by atoms with E-state index in [4.69, 9.17) is 25.2 Å². The topological polar surface area (TPSA) is 227 Å². The van der Waals surface area contributed by atoms with Crippen LogP contribution in [0.3, 0.4) is 0 Å². The summed E-state index contributed by atoms with van der Waals surface area (Å²) in [5, 5.41) is 14.2. The van der Waals surface area contributed by atoms with Crippen LogP contribution in [-0.2, 0) is 20.6 Å². The first-order valence-corrected chi connectivity index (χ1v) is 35.7. The van der Waals surface area contributed by atoms with Crippen LogP contribution in [0.15, 0.2) is 75.6 Å². The summed E-state index contributed by atoms with van der Waals surface area (Å²) in [6, 6.07) is 11.6. The maximum absolute atomic E-state index is 12.9. The number of thioether (sulfide) groups is 2. The fourth-order valence-electron chi connectivity index (χ4n) is 9.47. The number of carbonyl (C=O) groups is 3. The molecule has 17 nitrogen and oxygen atoms in total. The molecule has 0 unspecified atom stereocenters. The molecule has 5 N–H and O–H groups in total. The van der Waals surface area contributed by atoms with Gasteiger partial charge in [-0.05, 0) is 185 Å². The monoisotopic (exact) mass is 1540 g/mol. The molecular formula is C86H56F4N10O7S4. The third kappa shape index (κ3) is 29.0. The number of carbonyl (C=O) groups excluding carboxylic acids is 3. The Morgan fingerprint density at radius 1 is 0.495 bits per heavy atom. The zero-order chi connectivity index (χ0) is 78.6. The second-order valence-electron chi connectivity index (χ2n) is 21.7. The van der Waals surface area contributed by atoms with Gasteiger partial charge < -0.3 is 40.6 Å². The lowest BCUT2D eigenvalue weighted by molar-refractivity contribution is -0.0508. The third-order valence-electron chi connectivity index (χ3n) is 14.1. The van der Waals surface area contributed by atoms with Crippen LogP contribution in [-0.4, -0.2) is 98.1 Å². The van der Waals surface area contributed by atoms with Crippen LogP contribution in [0.1, 0.15) is 100 Å². The number of fused-ring (bicyclic) bond motifs is 2. The van der Waals surface area contributed by atoms with Gasteiger partial charge >= 0.3 is 13.2 Å². The van der Waals surface area contributed by atoms with Crippen molar-refractivity contribution in [2.24, 2.45) is 27.6 Å². The number of thiazole rings is 2. The van der Waals surface area contributed by atoms with Crippen LogP contribution in [0.5, 0.6) is 11.5 Å². The average Bonchev–Trinajstić information content (AvgIpc) is 1.75. The van der Waals surface area contributed by atoms with Crippen molar-refractivity contribution in [1.29, 1.82) is 0 Å². The van der Waals surface area contributed by atoms with Gasteiger partial charge in [0.2, 0.25) is 0 Å². The van der Waals surface area contributed by atoms with Gasteiger partial charge in [-0.15, -0.1) is 22.7 Å². The number of rotatable bonds is 11. The Morgan fingerprint density at radius 3 is 1.16 bits per heavy atom. The lowest BCUT2D eigenvalue weighted by Gasteiger charge is -2.44. The number of nitrogens with zero attached hydrogens (tertiary/aromatic N) is 6. The van der Waals surface area contributed by atoms with E-state index in [1.807, 2.05) is 19.9 Å². The minimum Gasteiger partial charge on any atom is -0.433 e. The van der Waals surface area contributed by atoms with E-state index in [1.165, 1.54) is 58.3 Å². The van der Waals surface area contributed by atoms with Gasteiger partial charge in [0.05, 0.1) is 37.8 Å². The summed E-state index contributed by atoms with van der Waals surface area (Å²) in [4.78, 5) is 65.2. The molecule has 544 valence electrons. The number of nitrogens with one attached hydrogen (secondary N) is 3. The molecule has 8 heterocycles. The van der Waals surface area contributed by atoms with Gasteiger partial charge in [0.15, 0.2) is 10.3 Å². The number of amidine groups is 2. The molecule has 4 aliphatic rings. The van der Waals surface area contributed by atoms with Crippen LogP contribution < -0.4 is 31.2 Å². The number of pyridine rings is 2. The standard InChI is InChI=1S/C40H6.C26H25F2N5O4S2.C19H21F2N5O3S2.CH4/c1-3-5-7-9-11-13-15-17-19-21-23-25-27-29-31-33-35-37-39-40-38-36-34-32-30-28-26-24-22-20-18-16-14-12-10-8-6-4-2;1-14-8-18(37-24(27)28)10-29-20(14)22(35)30-19-12-38-23(31-19)26-13-36-15(2)9-17(26)11-39-25(33-26)32-21(34)16-6-4-3-5-7-16;1-9-3-12(29-17(20)21)5-23-14(9)15(27)24-13-7-30-16(25-13)19-8-28-10(2)4-11(19)6-31-18(22)26-19;/h1-2H3;3-8,10,12,15,17,24H,9,11,13H2,1-2H3,(H,30,35)(H,32,33,34);3,5,7,10-11,17H,4,6,8H2,1-2H3,(H2,22,26)(H,24,27);1H4/t;15-,17-,26-;10-,11-,19-;/m.00./s1. The predicted molar refractivity (Wildman–Crippen MR) is 425 cm³/mol. The number of alkyl halides is 4. The second-order valence-corrected chi connectivity index (χ2v) is 25.4. The van der Waals surface area contributed by atoms with Gasteiger partial charge in [-0.25, -0.2) is 29.9 Å². The van der Waals surface area contributed by atoms with Crippen molar-refractivity contribution in [1.82, 2.24) is 25.3 Å². The van der Waals surface area contributed by atoms with E-state index in [0.717, 1.165) is 41.7 Å². The summed E-state index contributed by atoms with van der Waals surface area (Å²) in [7, 11) is 0. The molecule has 4 aliphatic heterocycles. The second kappa shape index (κ2) is 46.8. The molecule has 6 atom stereocenters. The molecule has 111 heavy (non-hydrogen) atoms. The summed E-state index contributed by atoms with van der Waals surface area (Å²) in [6.07, 6.45) is 3.98. The van der Waals surface area contributed by atoms with E-state index in [0.29, 0.717) is 50.3 Å². The minimum atomic E-state index is -2.98. The Balaban J connectivity index is 0.000000260. The number of amides is 3. The van der Waals surface area contributed by atoms with Crippen LogP contribution in [0.4, 0.5) is 29.2 Å². The Morgan fingerprint density at radius 2 is 0.829 bits per heavy atom. The number of aryl methyl sites for hydroxylation is 2. The first kappa shape index (κ1) is 85.8. The van der Waals surface area contributed by atoms with Gasteiger partial charge in [-0.2, -0.15) is 17.6 Å². The predicted octanol–water partition coefficient (Wildman–Crippen LogP) is 9.96. The van der Waals surface area contributed by atoms with Gasteiger partial charge in [0.1, 0.15) is 55.6 Å². The van der Waals surface area contributed by atoms with Gasteiger partial charge in [-0.3, -0.25) is 14.4 Å². The van der Waals surface area contributed by atoms with Gasteiger partial charge in [0.25, 0.3) is 17.7 Å². The quantitative estimate of drug-likeness (QED) is 0.0713. The van der Waals surface area contributed by atoms with Gasteiger partial charge in [0, 0.05) is 158 Å². The van der Waals surface area contributed by atoms with E-state index in [2.05, 4.69) is 270 Å². The van der Waals surface area contributed by atoms with Crippen molar-refractivity contribution in [3.63, 3.8) is 0 Å². The Labute approximate surface area is 659 Å². The summed E-state index contributed by atoms with van der Waals surface area (Å²) in [6.45, 7) is 5.34. The Bertz CT molecular complexity index is 5620. The first-order valence-electron chi connectivity index (χ1n) is 31.9. The van der Waals surface area contributed by atoms with Crippen molar-refractivity contribution in [2.75, 3.05) is 35.4 Å². The minimum absolute atomic E-state index is 0. The number of hydrogen-bond donors (Lipinski definition) is 4. The molecule has 2 fully saturated rings. The molecular weight excluding hydrogens is 1490 g/mol. The summed E-state index contributed by atoms with van der Waals surface area (Å²) < 4.78 is 70.3. The number of aromatic nitrogens is 4. The van der Waals surface area contributed by atoms with Crippen molar-refractivity contribution in [2.45, 2.75) is 98.3 Å². The maximum Gasteiger partial charge on any atom is 0.387 e. The Kier molecular flexibility index (Phi) is 36.2. The van der Waals surface area contributed by atoms with E-state index in [1.54, 1.807) is 62.7 Å². The molecule has 0 bridgehead atoms. The molecule has 0 saturated carbocycles. The normalized spacial score (nSPS) is 16.5. The zero-order valence-electron chi connectivity index (χ0n) is 58.8. The molecule has 4 aromatic heterocycles. The van der Waals surface area contributed by atoms with Crippen LogP contribution in [0.2, 0.25) is 0 Å². The summed E-state index contributed by atoms with van der Waals surface area (Å²) in [5.74, 6) is 96.7. The maximum atomic E-state index is 12.9. The number of ether oxygens (including phenoxy) is 4. The number of hydrogen-bond acceptors (Lipinski definition) is 18. The Hall–Kier alpha value is -14.1. The lowest BCUT2D eigenvalue weighted by atomic mass is 9.80. The SMILES string of the molecule is C.CC#CC#CC#CC#CC#CC#CC#CC#CC#CC#CC#CC#CC#CC#CC#CC#CC#CC#CC#CC.Cc1cc(OC(F)F)cnc1C(=O)Nc1csc([C@]23CO[C@@H](C)C[C@H]2CSC(N)=N3)n1.Cc1cc(OC(F)F)cnc1C(=O)Nc1csc([C@]23CO[C@@H](C)C[C@H]2CSC(NC(=O)c2ccccc2)=N3)n1. The molecule has 1 aromatic carbocycles. The lowest BCUT2D eigenvalue weighted by Crippen LogP contribution is -2.50. The number of nitrogens with two attached hydrogens (primary N) is 1. The van der Waals surface area contributed by atoms with E-state index >= 15 is 0 Å². The van der Waals surface area contributed by atoms with E-state index in [-0.39, 0.29) is 66.9 Å². The van der Waals surface area contributed by atoms with Crippen molar-refractivity contribution >= 4 is 85.9 Å². The van der Waals surface area contributed by atoms with Gasteiger partial charge in [-0.1, -0.05) is 61.0 Å². The van der Waals surface area contributed by atoms with Crippen molar-refractivity contribution in [3.05, 3.63) is 104 Å². The molecule has 2 saturated heterocycles. The van der Waals surface area contributed by atoms with E-state index in [9.17, 15) is 31.9 Å². The number of halogens is 4. The third-order valence-corrected chi connectivity index (χ3v) is 18.1. The fourth-order valence-corrected chi connectivity index (χ4v) is 13.6. The molecule has 5 aromatic rings. The van der Waals surface area contributed by atoms with Crippen molar-refractivity contribution < 1.29 is 50.9 Å². The number of benzene rings is 1. The number of anilines is 2. The summed E-state index contributed by atoms with van der Waals surface area (Å²) >= 11 is 5.75. The molecule has 9 rings (SSSR count). The summed E-state index contributed by atoms with van der Waals surface area (Å²) in [5.41, 5.74) is 6.02. The largest absolute Gasteiger partial charge is 0.433 e. The first-order chi connectivity index (χ1) is 53.4. The van der Waals surface area contributed by atoms with Crippen molar-refractivity contribution in [3.8, 4) is 236 Å². The van der Waals surface area contributed by atoms with E-state index < -0.39 is 36.1 Å². The highest BCUT2D eigenvalue weighted by Gasteiger charge is 2.51. The smallest absolute Gasteiger partial charge is 0.387 e. The highest BCUT2D eigenvalue weighted by Crippen LogP contribution is 2.49. The van der Waals surface area contributed by atoms with Crippen LogP contribution in [0.25, 0.3) is 0 Å². The number of aliphatic imine (C=N–C) groups is 2. The average molecular weight is 1550 g/mol. The molecule has 25 heteroatoms. The highest BCUT2D eigenvalue weighted by molar-refractivity contribution is 8.14. The fraction of sp³-hybridized carbons (Fsp3) is 0.244. The van der Waals surface area contributed by atoms with Crippen LogP contribution in [0, 0.1) is 251 Å². The zero-order valence-corrected chi connectivity index (χ0v) is 62.1. The highest BCUT2D eigenvalue weighted by atomic mass is 32.2.